The Morgan fingerprint density at radius 3 is 3.06 bits per heavy atom. The van der Waals surface area contributed by atoms with Crippen LogP contribution in [0.2, 0.25) is 0 Å². The number of likely N-dealkylation sites (N-methyl/N-ethyl adjacent to an activating group) is 1. The second-order valence-corrected chi connectivity index (χ2v) is 4.21. The van der Waals surface area contributed by atoms with Gasteiger partial charge >= 0.3 is 0 Å². The van der Waals surface area contributed by atoms with Crippen LogP contribution in [0.15, 0.2) is 18.5 Å². The Kier molecular flexibility index (Phi) is 3.19. The van der Waals surface area contributed by atoms with Crippen LogP contribution in [0.3, 0.4) is 0 Å². The molecule has 0 aliphatic carbocycles. The number of aromatic nitrogens is 1. The summed E-state index contributed by atoms with van der Waals surface area (Å²) < 4.78 is 0. The van der Waals surface area contributed by atoms with Crippen molar-refractivity contribution in [3.8, 4) is 0 Å². The SMILES string of the molecule is Cc1ccncc1N(C)C(=O)[C@@H]1CCCN1. The maximum absolute atomic E-state index is 12.1. The normalized spacial score (nSPS) is 19.8. The third-order valence-electron chi connectivity index (χ3n) is 3.06. The van der Waals surface area contributed by atoms with E-state index in [1.807, 2.05) is 20.0 Å². The summed E-state index contributed by atoms with van der Waals surface area (Å²) in [6.45, 7) is 2.93. The molecule has 4 heteroatoms. The summed E-state index contributed by atoms with van der Waals surface area (Å²) in [6.07, 6.45) is 5.49. The number of hydrogen-bond acceptors (Lipinski definition) is 3. The molecule has 1 amide bonds. The Morgan fingerprint density at radius 1 is 1.62 bits per heavy atom. The van der Waals surface area contributed by atoms with Crippen LogP contribution in [0.4, 0.5) is 5.69 Å². The smallest absolute Gasteiger partial charge is 0.243 e. The third-order valence-corrected chi connectivity index (χ3v) is 3.06. The van der Waals surface area contributed by atoms with Crippen molar-refractivity contribution in [2.24, 2.45) is 0 Å². The summed E-state index contributed by atoms with van der Waals surface area (Å²) in [5, 5.41) is 3.21. The van der Waals surface area contributed by atoms with Crippen LogP contribution >= 0.6 is 0 Å². The Balaban J connectivity index is 2.15. The van der Waals surface area contributed by atoms with Crippen molar-refractivity contribution in [2.45, 2.75) is 25.8 Å². The average molecular weight is 219 g/mol. The van der Waals surface area contributed by atoms with Gasteiger partial charge in [-0.2, -0.15) is 0 Å². The molecular weight excluding hydrogens is 202 g/mol. The number of pyridine rings is 1. The fourth-order valence-corrected chi connectivity index (χ4v) is 2.05. The fraction of sp³-hybridized carbons (Fsp3) is 0.500. The van der Waals surface area contributed by atoms with E-state index in [4.69, 9.17) is 0 Å². The van der Waals surface area contributed by atoms with Gasteiger partial charge in [0.15, 0.2) is 0 Å². The predicted octanol–water partition coefficient (Wildman–Crippen LogP) is 1.10. The summed E-state index contributed by atoms with van der Waals surface area (Å²) >= 11 is 0. The molecule has 1 atom stereocenters. The Labute approximate surface area is 95.7 Å². The van der Waals surface area contributed by atoms with E-state index in [1.165, 1.54) is 0 Å². The highest BCUT2D eigenvalue weighted by atomic mass is 16.2. The molecule has 1 aliphatic rings. The lowest BCUT2D eigenvalue weighted by Gasteiger charge is -2.22. The number of anilines is 1. The molecule has 0 radical (unpaired) electrons. The van der Waals surface area contributed by atoms with Crippen molar-refractivity contribution in [3.63, 3.8) is 0 Å². The third kappa shape index (κ3) is 2.07. The minimum absolute atomic E-state index is 0.0235. The van der Waals surface area contributed by atoms with Crippen LogP contribution in [0.25, 0.3) is 0 Å². The predicted molar refractivity (Wildman–Crippen MR) is 63.4 cm³/mol. The zero-order chi connectivity index (χ0) is 11.5. The molecule has 4 nitrogen and oxygen atoms in total. The number of nitrogens with zero attached hydrogens (tertiary/aromatic N) is 2. The van der Waals surface area contributed by atoms with E-state index in [-0.39, 0.29) is 11.9 Å². The first-order valence-electron chi connectivity index (χ1n) is 5.61. The van der Waals surface area contributed by atoms with Crippen molar-refractivity contribution in [1.29, 1.82) is 0 Å². The van der Waals surface area contributed by atoms with Gasteiger partial charge in [0.25, 0.3) is 0 Å². The van der Waals surface area contributed by atoms with Gasteiger partial charge < -0.3 is 10.2 Å². The van der Waals surface area contributed by atoms with Gasteiger partial charge in [-0.3, -0.25) is 9.78 Å². The van der Waals surface area contributed by atoms with Gasteiger partial charge in [-0.15, -0.1) is 0 Å². The van der Waals surface area contributed by atoms with Crippen LogP contribution in [0.5, 0.6) is 0 Å². The zero-order valence-electron chi connectivity index (χ0n) is 9.73. The van der Waals surface area contributed by atoms with Gasteiger partial charge in [-0.05, 0) is 37.9 Å². The van der Waals surface area contributed by atoms with Crippen molar-refractivity contribution in [3.05, 3.63) is 24.0 Å². The van der Waals surface area contributed by atoms with Gasteiger partial charge in [0.1, 0.15) is 0 Å². The average Bonchev–Trinajstić information content (AvgIpc) is 2.81. The molecule has 2 heterocycles. The number of rotatable bonds is 2. The van der Waals surface area contributed by atoms with E-state index in [1.54, 1.807) is 17.3 Å². The second-order valence-electron chi connectivity index (χ2n) is 4.21. The number of aryl methyl sites for hydroxylation is 1. The summed E-state index contributed by atoms with van der Waals surface area (Å²) in [4.78, 5) is 17.9. The van der Waals surface area contributed by atoms with Crippen LogP contribution in [0.1, 0.15) is 18.4 Å². The number of amides is 1. The van der Waals surface area contributed by atoms with Crippen LogP contribution in [0, 0.1) is 6.92 Å². The molecular formula is C12H17N3O. The maximum atomic E-state index is 12.1. The monoisotopic (exact) mass is 219 g/mol. The molecule has 0 bridgehead atoms. The fourth-order valence-electron chi connectivity index (χ4n) is 2.05. The van der Waals surface area contributed by atoms with Crippen molar-refractivity contribution in [2.75, 3.05) is 18.5 Å². The molecule has 1 aromatic rings. The van der Waals surface area contributed by atoms with E-state index in [0.717, 1.165) is 30.6 Å². The Hall–Kier alpha value is -1.42. The van der Waals surface area contributed by atoms with Crippen LogP contribution in [-0.4, -0.2) is 30.5 Å². The van der Waals surface area contributed by atoms with E-state index in [0.29, 0.717) is 0 Å². The standard InChI is InChI=1S/C12H17N3O/c1-9-5-7-13-8-11(9)15(2)12(16)10-4-3-6-14-10/h5,7-8,10,14H,3-4,6H2,1-2H3/t10-/m0/s1. The maximum Gasteiger partial charge on any atom is 0.243 e. The lowest BCUT2D eigenvalue weighted by Crippen LogP contribution is -2.41. The minimum Gasteiger partial charge on any atom is -0.312 e. The van der Waals surface area contributed by atoms with Gasteiger partial charge in [0.05, 0.1) is 17.9 Å². The zero-order valence-corrected chi connectivity index (χ0v) is 9.73. The first kappa shape index (κ1) is 11.1. The van der Waals surface area contributed by atoms with Crippen molar-refractivity contribution >= 4 is 11.6 Å². The first-order chi connectivity index (χ1) is 7.70. The van der Waals surface area contributed by atoms with Gasteiger partial charge in [-0.25, -0.2) is 0 Å². The van der Waals surface area contributed by atoms with E-state index < -0.39 is 0 Å². The van der Waals surface area contributed by atoms with E-state index >= 15 is 0 Å². The molecule has 0 saturated carbocycles. The van der Waals surface area contributed by atoms with Crippen molar-refractivity contribution in [1.82, 2.24) is 10.3 Å². The molecule has 86 valence electrons. The highest BCUT2D eigenvalue weighted by Gasteiger charge is 2.26. The topological polar surface area (TPSA) is 45.2 Å². The lowest BCUT2D eigenvalue weighted by atomic mass is 10.2. The number of carbonyl (C=O) groups excluding carboxylic acids is 1. The lowest BCUT2D eigenvalue weighted by molar-refractivity contribution is -0.119. The minimum atomic E-state index is -0.0235. The van der Waals surface area contributed by atoms with E-state index in [9.17, 15) is 4.79 Å². The summed E-state index contributed by atoms with van der Waals surface area (Å²) in [6, 6.07) is 1.89. The van der Waals surface area contributed by atoms with E-state index in [2.05, 4.69) is 10.3 Å². The number of hydrogen-bond donors (Lipinski definition) is 1. The summed E-state index contributed by atoms with van der Waals surface area (Å²) in [5.74, 6) is 0.133. The Morgan fingerprint density at radius 2 is 2.44 bits per heavy atom. The number of nitrogens with one attached hydrogen (secondary N) is 1. The molecule has 1 aliphatic heterocycles. The largest absolute Gasteiger partial charge is 0.312 e. The van der Waals surface area contributed by atoms with Crippen molar-refractivity contribution < 1.29 is 4.79 Å². The molecule has 1 saturated heterocycles. The molecule has 0 unspecified atom stereocenters. The molecule has 0 aromatic carbocycles. The van der Waals surface area contributed by atoms with Crippen LogP contribution < -0.4 is 10.2 Å². The quantitative estimate of drug-likeness (QED) is 0.810. The highest BCUT2D eigenvalue weighted by Crippen LogP contribution is 2.18. The molecule has 1 N–H and O–H groups in total. The molecule has 2 rings (SSSR count). The molecule has 16 heavy (non-hydrogen) atoms. The van der Waals surface area contributed by atoms with Gasteiger partial charge in [-0.1, -0.05) is 0 Å². The molecule has 0 spiro atoms. The molecule has 1 fully saturated rings. The Bertz CT molecular complexity index is 386. The first-order valence-corrected chi connectivity index (χ1v) is 5.61. The van der Waals surface area contributed by atoms with Crippen LogP contribution in [-0.2, 0) is 4.79 Å². The van der Waals surface area contributed by atoms with Gasteiger partial charge in [0.2, 0.25) is 5.91 Å². The number of carbonyl (C=O) groups is 1. The second kappa shape index (κ2) is 4.61. The highest BCUT2D eigenvalue weighted by molar-refractivity contribution is 5.97. The summed E-state index contributed by atoms with van der Waals surface area (Å²) in [7, 11) is 1.81. The van der Waals surface area contributed by atoms with Gasteiger partial charge in [0, 0.05) is 13.2 Å². The molecule has 1 aromatic heterocycles. The summed E-state index contributed by atoms with van der Waals surface area (Å²) in [5.41, 5.74) is 1.96.